The molecule has 0 radical (unpaired) electrons. The van der Waals surface area contributed by atoms with E-state index in [0.29, 0.717) is 13.0 Å². The summed E-state index contributed by atoms with van der Waals surface area (Å²) in [6.07, 6.45) is 2.97. The van der Waals surface area contributed by atoms with Gasteiger partial charge in [-0.05, 0) is 62.7 Å². The van der Waals surface area contributed by atoms with Crippen LogP contribution in [0.25, 0.3) is 10.9 Å². The van der Waals surface area contributed by atoms with Crippen molar-refractivity contribution in [1.29, 1.82) is 0 Å². The fourth-order valence-electron chi connectivity index (χ4n) is 4.68. The van der Waals surface area contributed by atoms with Gasteiger partial charge in [0.05, 0.1) is 23.5 Å². The number of benzene rings is 1. The molecule has 0 amide bonds. The highest BCUT2D eigenvalue weighted by Crippen LogP contribution is 2.43. The molecule has 1 aromatic carbocycles. The summed E-state index contributed by atoms with van der Waals surface area (Å²) in [4.78, 5) is 10.5. The Balaban J connectivity index is 1.86. The Labute approximate surface area is 225 Å². The van der Waals surface area contributed by atoms with Crippen molar-refractivity contribution in [3.63, 3.8) is 0 Å². The number of aromatic nitrogens is 3. The van der Waals surface area contributed by atoms with E-state index < -0.39 is 5.60 Å². The van der Waals surface area contributed by atoms with E-state index in [1.807, 2.05) is 63.0 Å². The quantitative estimate of drug-likeness (QED) is 0.244. The molecule has 0 aliphatic heterocycles. The number of methoxy groups -OCH3 is 1. The topological polar surface area (TPSA) is 60.2 Å². The lowest BCUT2D eigenvalue weighted by Gasteiger charge is -2.23. The molecule has 0 spiro atoms. The summed E-state index contributed by atoms with van der Waals surface area (Å²) in [5, 5.41) is 12.1. The lowest BCUT2D eigenvalue weighted by molar-refractivity contribution is 0.0785. The van der Waals surface area contributed by atoms with Gasteiger partial charge in [0.1, 0.15) is 6.10 Å². The number of thioether (sulfide) groups is 1. The first kappa shape index (κ1) is 27.4. The molecule has 1 atom stereocenters. The minimum absolute atomic E-state index is 0.00801. The predicted octanol–water partition coefficient (Wildman–Crippen LogP) is 6.92. The highest BCUT2D eigenvalue weighted by Gasteiger charge is 2.27. The van der Waals surface area contributed by atoms with Crippen molar-refractivity contribution in [2.24, 2.45) is 0 Å². The molecule has 6 heteroatoms. The summed E-state index contributed by atoms with van der Waals surface area (Å²) in [7, 11) is 1.74. The van der Waals surface area contributed by atoms with E-state index >= 15 is 0 Å². The number of rotatable bonds is 9. The Morgan fingerprint density at radius 3 is 2.43 bits per heavy atom. The second kappa shape index (κ2) is 11.0. The van der Waals surface area contributed by atoms with Crippen LogP contribution in [0, 0.1) is 6.92 Å². The van der Waals surface area contributed by atoms with E-state index in [2.05, 4.69) is 60.7 Å². The Kier molecular flexibility index (Phi) is 8.12. The third kappa shape index (κ3) is 7.01. The van der Waals surface area contributed by atoms with Crippen LogP contribution in [-0.2, 0) is 24.1 Å². The number of ether oxygens (including phenoxy) is 1. The Morgan fingerprint density at radius 1 is 1.03 bits per heavy atom. The van der Waals surface area contributed by atoms with Gasteiger partial charge in [-0.1, -0.05) is 39.0 Å². The fraction of sp³-hybridized carbons (Fsp3) is 0.419. The average molecular weight is 518 g/mol. The zero-order valence-corrected chi connectivity index (χ0v) is 23.9. The molecule has 0 aliphatic rings. The second-order valence-electron chi connectivity index (χ2n) is 11.4. The van der Waals surface area contributed by atoms with Crippen molar-refractivity contribution in [3.05, 3.63) is 89.1 Å². The maximum Gasteiger partial charge on any atom is 0.103 e. The van der Waals surface area contributed by atoms with Crippen LogP contribution < -0.4 is 0 Å². The van der Waals surface area contributed by atoms with E-state index in [-0.39, 0.29) is 10.9 Å². The SMILES string of the molecule is COC(Cc1ccc2c(c1)c(SC(C)(C)C)c(CC(C)(C)O)n2Cc1cccc(C)n1)c1ccccn1. The van der Waals surface area contributed by atoms with Gasteiger partial charge in [-0.15, -0.1) is 11.8 Å². The minimum atomic E-state index is -0.845. The van der Waals surface area contributed by atoms with Crippen LogP contribution in [0.15, 0.2) is 65.7 Å². The third-order valence-electron chi connectivity index (χ3n) is 6.18. The number of nitrogens with zero attached hydrogens (tertiary/aromatic N) is 3. The number of hydrogen-bond donors (Lipinski definition) is 1. The molecule has 3 heterocycles. The highest BCUT2D eigenvalue weighted by atomic mass is 32.2. The van der Waals surface area contributed by atoms with Gasteiger partial charge < -0.3 is 14.4 Å². The van der Waals surface area contributed by atoms with Crippen LogP contribution in [0.3, 0.4) is 0 Å². The summed E-state index contributed by atoms with van der Waals surface area (Å²) in [5.74, 6) is 0. The molecule has 5 nitrogen and oxygen atoms in total. The average Bonchev–Trinajstić information content (AvgIpc) is 3.07. The van der Waals surface area contributed by atoms with Gasteiger partial charge in [-0.3, -0.25) is 9.97 Å². The van der Waals surface area contributed by atoms with Crippen LogP contribution in [0.4, 0.5) is 0 Å². The molecule has 37 heavy (non-hydrogen) atoms. The maximum absolute atomic E-state index is 10.9. The molecular formula is C31H39N3O2S. The van der Waals surface area contributed by atoms with Gasteiger partial charge in [0, 0.05) is 58.1 Å². The molecule has 0 bridgehead atoms. The first-order valence-electron chi connectivity index (χ1n) is 12.9. The monoisotopic (exact) mass is 517 g/mol. The summed E-state index contributed by atoms with van der Waals surface area (Å²) in [6, 6.07) is 18.8. The van der Waals surface area contributed by atoms with Crippen molar-refractivity contribution in [1.82, 2.24) is 14.5 Å². The summed E-state index contributed by atoms with van der Waals surface area (Å²) < 4.78 is 8.19. The zero-order valence-electron chi connectivity index (χ0n) is 23.1. The van der Waals surface area contributed by atoms with Gasteiger partial charge in [0.15, 0.2) is 0 Å². The molecule has 4 aromatic rings. The van der Waals surface area contributed by atoms with Crippen LogP contribution in [0.2, 0.25) is 0 Å². The highest BCUT2D eigenvalue weighted by molar-refractivity contribution is 8.00. The first-order valence-corrected chi connectivity index (χ1v) is 13.7. The van der Waals surface area contributed by atoms with Crippen LogP contribution in [-0.4, -0.2) is 37.1 Å². The molecule has 1 N–H and O–H groups in total. The molecule has 0 saturated carbocycles. The largest absolute Gasteiger partial charge is 0.390 e. The zero-order chi connectivity index (χ0) is 26.8. The second-order valence-corrected chi connectivity index (χ2v) is 13.2. The Hall–Kier alpha value is -2.67. The predicted molar refractivity (Wildman–Crippen MR) is 153 cm³/mol. The number of aryl methyl sites for hydroxylation is 1. The minimum Gasteiger partial charge on any atom is -0.390 e. The van der Waals surface area contributed by atoms with Crippen LogP contribution in [0.1, 0.15) is 69.1 Å². The first-order chi connectivity index (χ1) is 17.4. The lowest BCUT2D eigenvalue weighted by Crippen LogP contribution is -2.24. The van der Waals surface area contributed by atoms with E-state index in [1.54, 1.807) is 7.11 Å². The van der Waals surface area contributed by atoms with E-state index in [0.717, 1.165) is 34.7 Å². The lowest BCUT2D eigenvalue weighted by atomic mass is 10.0. The summed E-state index contributed by atoms with van der Waals surface area (Å²) >= 11 is 1.87. The van der Waals surface area contributed by atoms with Crippen molar-refractivity contribution in [2.75, 3.05) is 7.11 Å². The summed E-state index contributed by atoms with van der Waals surface area (Å²) in [6.45, 7) is 13.2. The number of hydrogen-bond acceptors (Lipinski definition) is 5. The Morgan fingerprint density at radius 2 is 1.81 bits per heavy atom. The smallest absolute Gasteiger partial charge is 0.103 e. The molecule has 1 unspecified atom stereocenters. The van der Waals surface area contributed by atoms with E-state index in [9.17, 15) is 5.11 Å². The van der Waals surface area contributed by atoms with Crippen LogP contribution >= 0.6 is 11.8 Å². The normalized spacial score (nSPS) is 13.3. The Bertz CT molecular complexity index is 1350. The van der Waals surface area contributed by atoms with Crippen LogP contribution in [0.5, 0.6) is 0 Å². The molecule has 0 aliphatic carbocycles. The molecule has 4 rings (SSSR count). The van der Waals surface area contributed by atoms with Gasteiger partial charge in [0.25, 0.3) is 0 Å². The summed E-state index contributed by atoms with van der Waals surface area (Å²) in [5.41, 5.74) is 5.61. The number of pyridine rings is 2. The van der Waals surface area contributed by atoms with Gasteiger partial charge in [-0.25, -0.2) is 0 Å². The van der Waals surface area contributed by atoms with E-state index in [1.165, 1.54) is 15.8 Å². The third-order valence-corrected chi connectivity index (χ3v) is 7.45. The number of fused-ring (bicyclic) bond motifs is 1. The van der Waals surface area contributed by atoms with Gasteiger partial charge in [-0.2, -0.15) is 0 Å². The van der Waals surface area contributed by atoms with Crippen molar-refractivity contribution >= 4 is 22.7 Å². The van der Waals surface area contributed by atoms with Crippen molar-refractivity contribution in [3.8, 4) is 0 Å². The number of aliphatic hydroxyl groups is 1. The van der Waals surface area contributed by atoms with Gasteiger partial charge in [0.2, 0.25) is 0 Å². The standard InChI is InChI=1S/C31H39N3O2S/c1-21-11-10-12-23(33-21)20-34-26-15-14-22(18-28(36-7)25-13-8-9-16-32-25)17-24(26)29(37-30(2,3)4)27(34)19-31(5,6)35/h8-17,28,35H,18-20H2,1-7H3. The van der Waals surface area contributed by atoms with Crippen molar-refractivity contribution in [2.45, 2.75) is 82.3 Å². The van der Waals surface area contributed by atoms with Gasteiger partial charge >= 0.3 is 0 Å². The molecule has 0 fully saturated rings. The molecular weight excluding hydrogens is 478 g/mol. The van der Waals surface area contributed by atoms with E-state index in [4.69, 9.17) is 9.72 Å². The van der Waals surface area contributed by atoms with Crippen molar-refractivity contribution < 1.29 is 9.84 Å². The molecule has 0 saturated heterocycles. The molecule has 3 aromatic heterocycles. The fourth-order valence-corrected chi connectivity index (χ4v) is 5.86. The molecule has 196 valence electrons. The maximum atomic E-state index is 10.9.